The molecule has 0 spiro atoms. The molecule has 2 aliphatic rings. The molecule has 2 heterocycles. The van der Waals surface area contributed by atoms with E-state index in [0.717, 1.165) is 44.2 Å². The topological polar surface area (TPSA) is 193 Å². The molecule has 4 N–H and O–H groups in total. The van der Waals surface area contributed by atoms with Crippen LogP contribution in [0, 0.1) is 10.1 Å². The number of nitrogen functional groups attached to an aromatic ring is 1. The zero-order chi connectivity index (χ0) is 44.8. The van der Waals surface area contributed by atoms with Gasteiger partial charge in [-0.2, -0.15) is 0 Å². The normalized spacial score (nSPS) is 16.8. The lowest BCUT2D eigenvalue weighted by Crippen LogP contribution is -2.48. The molecule has 0 aliphatic carbocycles. The first-order valence-corrected chi connectivity index (χ1v) is 21.5. The van der Waals surface area contributed by atoms with Gasteiger partial charge in [0.15, 0.2) is 0 Å². The van der Waals surface area contributed by atoms with Crippen molar-refractivity contribution in [1.82, 2.24) is 19.6 Å². The smallest absolute Gasteiger partial charge is 0.410 e. The molecule has 60 heavy (non-hydrogen) atoms. The van der Waals surface area contributed by atoms with Crippen LogP contribution in [0.1, 0.15) is 128 Å². The molecule has 2 saturated heterocycles. The molecule has 2 unspecified atom stereocenters. The highest BCUT2D eigenvalue weighted by Crippen LogP contribution is 2.29. The lowest BCUT2D eigenvalue weighted by atomic mass is 10.0. The van der Waals surface area contributed by atoms with E-state index >= 15 is 0 Å². The SMILES string of the molecule is CCN(CC)C(=O)c1ccc(NCC2CCCCN2C(=O)OC(C)(C)C)c(N)c1.CCN(CC)C(=O)c1ccc(NCC2CCCCN2C(=O)OC(C)(C)C)c([N+](=O)[O-])c1. The molecule has 0 aromatic heterocycles. The summed E-state index contributed by atoms with van der Waals surface area (Å²) in [6, 6.07) is 9.76. The number of carbonyl (C=O) groups excluding carboxylic acids is 4. The molecular weight excluding hydrogens is 769 g/mol. The summed E-state index contributed by atoms with van der Waals surface area (Å²) in [4.78, 5) is 68.2. The average Bonchev–Trinajstić information content (AvgIpc) is 3.19. The first kappa shape index (κ1) is 49.1. The van der Waals surface area contributed by atoms with Crippen LogP contribution in [0.25, 0.3) is 0 Å². The fraction of sp³-hybridized carbons (Fsp3) is 0.636. The maximum Gasteiger partial charge on any atom is 0.410 e. The molecule has 2 aromatic carbocycles. The van der Waals surface area contributed by atoms with Crippen molar-refractivity contribution in [2.75, 3.05) is 68.7 Å². The number of nitrogens with two attached hydrogens (primary N) is 1. The van der Waals surface area contributed by atoms with Gasteiger partial charge in [0.2, 0.25) is 0 Å². The summed E-state index contributed by atoms with van der Waals surface area (Å²) in [6.07, 6.45) is 5.02. The van der Waals surface area contributed by atoms with Crippen molar-refractivity contribution in [3.63, 3.8) is 0 Å². The number of ether oxygens (including phenoxy) is 2. The third-order valence-corrected chi connectivity index (χ3v) is 10.4. The highest BCUT2D eigenvalue weighted by atomic mass is 16.6. The second-order valence-electron chi connectivity index (χ2n) is 17.2. The molecular formula is C44H70N8O8. The number of hydrogen-bond donors (Lipinski definition) is 3. The number of anilines is 3. The largest absolute Gasteiger partial charge is 0.444 e. The first-order valence-electron chi connectivity index (χ1n) is 21.5. The zero-order valence-corrected chi connectivity index (χ0v) is 37.6. The molecule has 0 radical (unpaired) electrons. The molecule has 4 rings (SSSR count). The molecule has 2 atom stereocenters. The van der Waals surface area contributed by atoms with Crippen molar-refractivity contribution in [3.8, 4) is 0 Å². The number of likely N-dealkylation sites (tertiary alicyclic amines) is 2. The van der Waals surface area contributed by atoms with Crippen molar-refractivity contribution in [1.29, 1.82) is 0 Å². The van der Waals surface area contributed by atoms with Gasteiger partial charge in [0.05, 0.1) is 28.4 Å². The van der Waals surface area contributed by atoms with Crippen LogP contribution in [0.2, 0.25) is 0 Å². The van der Waals surface area contributed by atoms with Crippen LogP contribution in [0.3, 0.4) is 0 Å². The minimum absolute atomic E-state index is 0.0170. The molecule has 4 amide bonds. The molecule has 334 valence electrons. The van der Waals surface area contributed by atoms with Gasteiger partial charge in [0.1, 0.15) is 16.9 Å². The zero-order valence-electron chi connectivity index (χ0n) is 37.6. The summed E-state index contributed by atoms with van der Waals surface area (Å²) in [5.74, 6) is -0.250. The predicted molar refractivity (Wildman–Crippen MR) is 237 cm³/mol. The number of hydrogen-bond acceptors (Lipinski definition) is 11. The number of piperidine rings is 2. The Hall–Kier alpha value is -5.28. The van der Waals surface area contributed by atoms with Crippen molar-refractivity contribution in [3.05, 3.63) is 57.6 Å². The monoisotopic (exact) mass is 839 g/mol. The Kier molecular flexibility index (Phi) is 18.3. The maximum atomic E-state index is 12.6. The fourth-order valence-corrected chi connectivity index (χ4v) is 7.21. The van der Waals surface area contributed by atoms with Crippen LogP contribution in [-0.4, -0.2) is 124 Å². The number of nitro benzene ring substituents is 1. The van der Waals surface area contributed by atoms with Crippen molar-refractivity contribution in [2.24, 2.45) is 0 Å². The summed E-state index contributed by atoms with van der Waals surface area (Å²) in [7, 11) is 0. The maximum absolute atomic E-state index is 12.6. The van der Waals surface area contributed by atoms with Crippen LogP contribution >= 0.6 is 0 Å². The minimum Gasteiger partial charge on any atom is -0.444 e. The third kappa shape index (κ3) is 14.5. The number of nitro groups is 1. The van der Waals surface area contributed by atoms with Crippen LogP contribution < -0.4 is 16.4 Å². The summed E-state index contributed by atoms with van der Waals surface area (Å²) >= 11 is 0. The van der Waals surface area contributed by atoms with Gasteiger partial charge in [-0.25, -0.2) is 9.59 Å². The van der Waals surface area contributed by atoms with E-state index in [2.05, 4.69) is 10.6 Å². The number of carbonyl (C=O) groups is 4. The Labute approximate surface area is 356 Å². The Balaban J connectivity index is 0.000000321. The van der Waals surface area contributed by atoms with Gasteiger partial charge >= 0.3 is 12.2 Å². The van der Waals surface area contributed by atoms with Gasteiger partial charge < -0.3 is 45.4 Å². The summed E-state index contributed by atoms with van der Waals surface area (Å²) in [6.45, 7) is 23.4. The van der Waals surface area contributed by atoms with E-state index in [0.29, 0.717) is 69.3 Å². The van der Waals surface area contributed by atoms with Crippen molar-refractivity contribution in [2.45, 2.75) is 131 Å². The van der Waals surface area contributed by atoms with Gasteiger partial charge in [-0.15, -0.1) is 0 Å². The van der Waals surface area contributed by atoms with Crippen molar-refractivity contribution >= 4 is 46.8 Å². The van der Waals surface area contributed by atoms with Gasteiger partial charge in [0, 0.05) is 69.6 Å². The number of nitrogens with one attached hydrogen (secondary N) is 2. The van der Waals surface area contributed by atoms with Gasteiger partial charge in [-0.05, 0) is 138 Å². The number of rotatable bonds is 13. The number of benzene rings is 2. The van der Waals surface area contributed by atoms with E-state index in [1.54, 1.807) is 39.0 Å². The molecule has 16 heteroatoms. The highest BCUT2D eigenvalue weighted by molar-refractivity contribution is 5.96. The highest BCUT2D eigenvalue weighted by Gasteiger charge is 2.32. The molecule has 16 nitrogen and oxygen atoms in total. The van der Waals surface area contributed by atoms with E-state index in [9.17, 15) is 29.3 Å². The van der Waals surface area contributed by atoms with E-state index in [1.165, 1.54) is 6.07 Å². The average molecular weight is 839 g/mol. The van der Waals surface area contributed by atoms with Crippen molar-refractivity contribution < 1.29 is 33.6 Å². The standard InChI is InChI=1S/C22H34N4O5.C22H36N4O3/c1-6-24(7-2)20(27)16-11-12-18(19(14-16)26(29)30)23-15-17-10-8-9-13-25(17)21(28)31-22(3,4)5;1-6-25(7-2)20(27)16-11-12-19(18(23)14-16)24-15-17-10-8-9-13-26(17)21(28)29-22(3,4)5/h11-12,14,17,23H,6-10,13,15H2,1-5H3;11-12,14,17,24H,6-10,13,15,23H2,1-5H3. The molecule has 2 aromatic rings. The lowest BCUT2D eigenvalue weighted by molar-refractivity contribution is -0.384. The summed E-state index contributed by atoms with van der Waals surface area (Å²) in [5, 5.41) is 18.1. The number of nitrogens with zero attached hydrogens (tertiary/aromatic N) is 5. The number of amides is 4. The molecule has 0 saturated carbocycles. The molecule has 0 bridgehead atoms. The van der Waals surface area contributed by atoms with Crippen LogP contribution in [0.15, 0.2) is 36.4 Å². The quantitative estimate of drug-likeness (QED) is 0.1000. The second kappa shape index (κ2) is 22.4. The summed E-state index contributed by atoms with van der Waals surface area (Å²) in [5.41, 5.74) is 7.46. The molecule has 2 aliphatic heterocycles. The van der Waals surface area contributed by atoms with E-state index < -0.39 is 16.1 Å². The van der Waals surface area contributed by atoms with E-state index in [-0.39, 0.29) is 47.3 Å². The van der Waals surface area contributed by atoms with Gasteiger partial charge in [0.25, 0.3) is 17.5 Å². The Morgan fingerprint density at radius 2 is 1.10 bits per heavy atom. The van der Waals surface area contributed by atoms with E-state index in [1.807, 2.05) is 80.2 Å². The minimum atomic E-state index is -0.585. The Bertz CT molecular complexity index is 1770. The first-order chi connectivity index (χ1) is 28.2. The Morgan fingerprint density at radius 1 is 0.700 bits per heavy atom. The van der Waals surface area contributed by atoms with Gasteiger partial charge in [-0.1, -0.05) is 0 Å². The van der Waals surface area contributed by atoms with Gasteiger partial charge in [-0.3, -0.25) is 19.7 Å². The lowest BCUT2D eigenvalue weighted by Gasteiger charge is -2.37. The fourth-order valence-electron chi connectivity index (χ4n) is 7.21. The third-order valence-electron chi connectivity index (χ3n) is 10.4. The van der Waals surface area contributed by atoms with Crippen LogP contribution in [-0.2, 0) is 9.47 Å². The van der Waals surface area contributed by atoms with Crippen LogP contribution in [0.5, 0.6) is 0 Å². The predicted octanol–water partition coefficient (Wildman–Crippen LogP) is 8.23. The second-order valence-corrected chi connectivity index (χ2v) is 17.2. The molecule has 2 fully saturated rings. The summed E-state index contributed by atoms with van der Waals surface area (Å²) < 4.78 is 11.1. The van der Waals surface area contributed by atoms with E-state index in [4.69, 9.17) is 15.2 Å². The Morgan fingerprint density at radius 3 is 1.48 bits per heavy atom. The van der Waals surface area contributed by atoms with Crippen LogP contribution in [0.4, 0.5) is 32.3 Å².